The van der Waals surface area contributed by atoms with Gasteiger partial charge in [0.1, 0.15) is 36.5 Å². The van der Waals surface area contributed by atoms with Crippen molar-refractivity contribution in [1.29, 1.82) is 0 Å². The second kappa shape index (κ2) is 31.2. The molecule has 0 aromatic carbocycles. The SMILES string of the molecule is COCCOC.CO[C@H]1CC2CC[C@@H](C)[C@@](O)(O2)C(=O)C(=O)N2CCCC[C@H]2C(=O)O[C@H]([C@H](C)C[C@@H]2CC[C@H](n3cnnn3)[C@H](OC)C2)CC(=O)[C@H](C)/C=C(\C)[C@@H](O)[C@@H](OC)C(=O)[C@H](C)C[C@H](C)/C=C/C=CC=C1C. The Morgan fingerprint density at radius 2 is 1.56 bits per heavy atom. The van der Waals surface area contributed by atoms with Crippen LogP contribution in [0, 0.1) is 35.5 Å². The number of methoxy groups -OCH3 is 5. The molecule has 4 aliphatic rings. The fourth-order valence-corrected chi connectivity index (χ4v) is 10.9. The Morgan fingerprint density at radius 1 is 0.840 bits per heavy atom. The van der Waals surface area contributed by atoms with Crippen molar-refractivity contribution >= 4 is 29.2 Å². The number of rotatable bonds is 10. The molecule has 1 saturated carbocycles. The Hall–Kier alpha value is -4.34. The van der Waals surface area contributed by atoms with Crippen LogP contribution in [0.2, 0.25) is 0 Å². The van der Waals surface area contributed by atoms with Gasteiger partial charge in [-0.25, -0.2) is 9.48 Å². The molecule has 2 saturated heterocycles. The lowest BCUT2D eigenvalue weighted by atomic mass is 9.77. The zero-order valence-electron chi connectivity index (χ0n) is 46.8. The summed E-state index contributed by atoms with van der Waals surface area (Å²) >= 11 is 0. The van der Waals surface area contributed by atoms with Gasteiger partial charge in [-0.2, -0.15) is 0 Å². The summed E-state index contributed by atoms with van der Waals surface area (Å²) in [6, 6.07) is -1.19. The summed E-state index contributed by atoms with van der Waals surface area (Å²) in [5, 5.41) is 35.2. The molecular formula is C56H89N5O14. The maximum atomic E-state index is 14.5. The first kappa shape index (κ1) is 63.2. The lowest BCUT2D eigenvalue weighted by Crippen LogP contribution is -2.61. The zero-order chi connectivity index (χ0) is 55.4. The molecule has 0 spiro atoms. The van der Waals surface area contributed by atoms with Gasteiger partial charge in [0.15, 0.2) is 5.78 Å². The number of cyclic esters (lactones) is 1. The number of fused-ring (bicyclic) bond motifs is 3. The number of ether oxygens (including phenoxy) is 7. The molecule has 15 atom stereocenters. The fraction of sp³-hybridized carbons (Fsp3) is 0.750. The summed E-state index contributed by atoms with van der Waals surface area (Å²) in [5.74, 6) is -7.92. The first-order valence-electron chi connectivity index (χ1n) is 26.9. The third-order valence-corrected chi connectivity index (χ3v) is 15.7. The van der Waals surface area contributed by atoms with E-state index in [1.54, 1.807) is 66.3 Å². The van der Waals surface area contributed by atoms with E-state index >= 15 is 0 Å². The molecule has 5 rings (SSSR count). The average Bonchev–Trinajstić information content (AvgIpc) is 3.94. The fourth-order valence-electron chi connectivity index (χ4n) is 10.9. The molecule has 4 heterocycles. The van der Waals surface area contributed by atoms with Crippen molar-refractivity contribution in [3.05, 3.63) is 53.9 Å². The van der Waals surface area contributed by atoms with Gasteiger partial charge in [0, 0.05) is 72.7 Å². The number of aliphatic hydroxyl groups excluding tert-OH is 1. The average molecular weight is 1060 g/mol. The number of Topliss-reactive ketones (excluding diaryl/α,β-unsaturated/α-hetero) is 3. The number of allylic oxidation sites excluding steroid dienone is 6. The molecule has 1 unspecified atom stereocenters. The van der Waals surface area contributed by atoms with Crippen LogP contribution in [0.4, 0.5) is 0 Å². The highest BCUT2D eigenvalue weighted by Crippen LogP contribution is 2.39. The molecule has 3 aliphatic heterocycles. The molecule has 75 heavy (non-hydrogen) atoms. The summed E-state index contributed by atoms with van der Waals surface area (Å²) in [4.78, 5) is 72.3. The Labute approximate surface area is 445 Å². The Morgan fingerprint density at radius 3 is 2.20 bits per heavy atom. The van der Waals surface area contributed by atoms with Crippen molar-refractivity contribution < 1.29 is 67.3 Å². The van der Waals surface area contributed by atoms with Gasteiger partial charge in [-0.1, -0.05) is 71.1 Å². The molecule has 1 aliphatic carbocycles. The standard InChI is InChI=1S/C52H79N5O12.C4H10O2/c1-31-16-12-11-13-17-32(2)43(65-8)28-39-21-19-37(7)52(64,69-39)49(61)50(62)56-23-15-14-18-41(56)51(63)68-44(34(4)26-38-20-22-40(45(27-38)66-9)57-30-53-54-55-57)29-42(58)33(3)25-36(6)47(60)48(67-10)46(59)35(5)24-31;1-5-3-4-6-2/h11-13,16-17,25,30-31,33-35,37-41,43-45,47-48,60,64H,14-15,18-24,26-29H2,1-10H3;3-4H2,1-2H3/b13-11?,16-12+,32-17?,36-25+;/t31-,33-,34-,35-,37-,38+,39?,40+,41+,43+,44+,45-,47-,48+,52-;/m1./s1. The Kier molecular flexibility index (Phi) is 26.3. The van der Waals surface area contributed by atoms with Gasteiger partial charge in [-0.3, -0.25) is 19.2 Å². The van der Waals surface area contributed by atoms with Gasteiger partial charge >= 0.3 is 5.97 Å². The highest BCUT2D eigenvalue weighted by Gasteiger charge is 2.53. The number of piperidine rings is 1. The van der Waals surface area contributed by atoms with Crippen molar-refractivity contribution in [3.63, 3.8) is 0 Å². The second-order valence-electron chi connectivity index (χ2n) is 21.4. The van der Waals surface area contributed by atoms with Crippen LogP contribution in [-0.2, 0) is 57.1 Å². The number of ketones is 3. The number of aromatic nitrogens is 4. The zero-order valence-corrected chi connectivity index (χ0v) is 46.8. The van der Waals surface area contributed by atoms with Crippen LogP contribution in [0.25, 0.3) is 0 Å². The van der Waals surface area contributed by atoms with Crippen molar-refractivity contribution in [3.8, 4) is 0 Å². The van der Waals surface area contributed by atoms with Crippen LogP contribution in [0.5, 0.6) is 0 Å². The Balaban J connectivity index is 0.00000191. The predicted octanol–water partition coefficient (Wildman–Crippen LogP) is 6.33. The molecule has 422 valence electrons. The summed E-state index contributed by atoms with van der Waals surface area (Å²) in [7, 11) is 7.92. The molecule has 19 heteroatoms. The van der Waals surface area contributed by atoms with Crippen molar-refractivity contribution in [2.45, 2.75) is 180 Å². The van der Waals surface area contributed by atoms with E-state index in [1.807, 2.05) is 58.1 Å². The molecule has 1 amide bonds. The third-order valence-electron chi connectivity index (χ3n) is 15.7. The van der Waals surface area contributed by atoms with Crippen LogP contribution in [0.1, 0.15) is 132 Å². The van der Waals surface area contributed by atoms with Crippen LogP contribution >= 0.6 is 0 Å². The number of tetrazole rings is 1. The Bertz CT molecular complexity index is 2090. The minimum Gasteiger partial charge on any atom is -0.460 e. The molecule has 2 bridgehead atoms. The van der Waals surface area contributed by atoms with Crippen LogP contribution < -0.4 is 0 Å². The van der Waals surface area contributed by atoms with Gasteiger partial charge in [0.2, 0.25) is 5.79 Å². The maximum Gasteiger partial charge on any atom is 0.329 e. The summed E-state index contributed by atoms with van der Waals surface area (Å²) in [5.41, 5.74) is 1.27. The van der Waals surface area contributed by atoms with E-state index in [0.29, 0.717) is 70.2 Å². The number of hydrogen-bond acceptors (Lipinski definition) is 17. The van der Waals surface area contributed by atoms with Crippen LogP contribution in [0.3, 0.4) is 0 Å². The van der Waals surface area contributed by atoms with Gasteiger partial charge in [-0.05, 0) is 117 Å². The van der Waals surface area contributed by atoms with Crippen molar-refractivity contribution in [1.82, 2.24) is 25.1 Å². The van der Waals surface area contributed by atoms with Gasteiger partial charge < -0.3 is 48.3 Å². The number of nitrogens with zero attached hydrogens (tertiary/aromatic N) is 5. The number of amides is 1. The molecule has 19 nitrogen and oxygen atoms in total. The van der Waals surface area contributed by atoms with Crippen molar-refractivity contribution in [2.24, 2.45) is 35.5 Å². The number of carbonyl (C=O) groups is 5. The predicted molar refractivity (Wildman–Crippen MR) is 280 cm³/mol. The maximum absolute atomic E-state index is 14.5. The number of esters is 1. The normalized spacial score (nSPS) is 35.3. The topological polar surface area (TPSA) is 237 Å². The van der Waals surface area contributed by atoms with Crippen LogP contribution in [-0.4, -0.2) is 168 Å². The summed E-state index contributed by atoms with van der Waals surface area (Å²) in [6.07, 6.45) is 13.9. The number of carbonyl (C=O) groups excluding carboxylic acids is 5. The van der Waals surface area contributed by atoms with E-state index in [1.165, 1.54) is 12.0 Å². The van der Waals surface area contributed by atoms with E-state index < -0.39 is 77.8 Å². The van der Waals surface area contributed by atoms with Crippen molar-refractivity contribution in [2.75, 3.05) is 55.3 Å². The van der Waals surface area contributed by atoms with Crippen LogP contribution in [0.15, 0.2) is 53.9 Å². The summed E-state index contributed by atoms with van der Waals surface area (Å²) in [6.45, 7) is 14.2. The molecule has 3 fully saturated rings. The number of aliphatic hydroxyl groups is 2. The van der Waals surface area contributed by atoms with Gasteiger partial charge in [-0.15, -0.1) is 5.10 Å². The second-order valence-corrected chi connectivity index (χ2v) is 21.4. The number of hydrogen-bond donors (Lipinski definition) is 2. The van der Waals surface area contributed by atoms with E-state index in [4.69, 9.17) is 23.7 Å². The summed E-state index contributed by atoms with van der Waals surface area (Å²) < 4.78 is 40.9. The van der Waals surface area contributed by atoms with Gasteiger partial charge in [0.05, 0.1) is 37.6 Å². The minimum atomic E-state index is -2.43. The highest BCUT2D eigenvalue weighted by atomic mass is 16.6. The molecule has 1 aromatic rings. The molecular weight excluding hydrogens is 967 g/mol. The van der Waals surface area contributed by atoms with E-state index in [-0.39, 0.29) is 60.9 Å². The molecule has 2 N–H and O–H groups in total. The quantitative estimate of drug-likeness (QED) is 0.113. The van der Waals surface area contributed by atoms with E-state index in [2.05, 4.69) is 25.0 Å². The monoisotopic (exact) mass is 1060 g/mol. The first-order valence-corrected chi connectivity index (χ1v) is 26.9. The smallest absolute Gasteiger partial charge is 0.329 e. The molecule has 1 aromatic heterocycles. The van der Waals surface area contributed by atoms with E-state index in [0.717, 1.165) is 18.4 Å². The lowest BCUT2D eigenvalue weighted by molar-refractivity contribution is -0.265. The first-order chi connectivity index (χ1) is 35.7. The molecule has 0 radical (unpaired) electrons. The van der Waals surface area contributed by atoms with E-state index in [9.17, 15) is 34.2 Å². The third kappa shape index (κ3) is 17.9. The minimum absolute atomic E-state index is 0.0170. The highest BCUT2D eigenvalue weighted by molar-refractivity contribution is 6.39. The largest absolute Gasteiger partial charge is 0.460 e. The van der Waals surface area contributed by atoms with Gasteiger partial charge in [0.25, 0.3) is 11.7 Å². The lowest BCUT2D eigenvalue weighted by Gasteiger charge is -2.42.